The predicted molar refractivity (Wildman–Crippen MR) is 117 cm³/mol. The molecule has 0 saturated heterocycles. The Hall–Kier alpha value is -1.90. The third-order valence-corrected chi connectivity index (χ3v) is 7.98. The Labute approximate surface area is 182 Å². The lowest BCUT2D eigenvalue weighted by Gasteiger charge is -2.21. The molecule has 3 aromatic rings. The molecule has 0 bridgehead atoms. The standard InChI is InChI=1S/C22H23FN2O3S2/c1-3-25-21(26)18-16-5-4-12(2)6-17(16)30-20(18)24-22(25)29-10-14-8-15(23)7-13-9-27-11-28-19(13)14/h7-8,12H,3-6,9-11H2,1-2H3. The molecule has 0 saturated carbocycles. The van der Waals surface area contributed by atoms with Gasteiger partial charge in [-0.2, -0.15) is 0 Å². The summed E-state index contributed by atoms with van der Waals surface area (Å²) in [6, 6.07) is 2.95. The van der Waals surface area contributed by atoms with E-state index in [9.17, 15) is 9.18 Å². The molecule has 1 aliphatic heterocycles. The van der Waals surface area contributed by atoms with Crippen LogP contribution in [0, 0.1) is 11.7 Å². The lowest BCUT2D eigenvalue weighted by atomic mass is 9.89. The van der Waals surface area contributed by atoms with Gasteiger partial charge in [0.25, 0.3) is 5.56 Å². The number of fused-ring (bicyclic) bond motifs is 4. The highest BCUT2D eigenvalue weighted by Gasteiger charge is 2.25. The molecule has 5 nitrogen and oxygen atoms in total. The molecular formula is C22H23FN2O3S2. The lowest BCUT2D eigenvalue weighted by molar-refractivity contribution is -0.0171. The first-order chi connectivity index (χ1) is 14.5. The second kappa shape index (κ2) is 7.98. The van der Waals surface area contributed by atoms with Crippen molar-refractivity contribution in [2.75, 3.05) is 6.79 Å². The lowest BCUT2D eigenvalue weighted by Crippen LogP contribution is -2.23. The van der Waals surface area contributed by atoms with Crippen LogP contribution in [0.25, 0.3) is 10.2 Å². The predicted octanol–water partition coefficient (Wildman–Crippen LogP) is 4.90. The zero-order valence-electron chi connectivity index (χ0n) is 17.0. The molecule has 2 aromatic heterocycles. The van der Waals surface area contributed by atoms with Crippen LogP contribution in [0.1, 0.15) is 41.8 Å². The molecule has 5 rings (SSSR count). The number of rotatable bonds is 4. The van der Waals surface area contributed by atoms with Gasteiger partial charge in [0, 0.05) is 28.3 Å². The fourth-order valence-electron chi connectivity index (χ4n) is 4.30. The maximum Gasteiger partial charge on any atom is 0.263 e. The summed E-state index contributed by atoms with van der Waals surface area (Å²) in [6.07, 6.45) is 3.10. The summed E-state index contributed by atoms with van der Waals surface area (Å²) in [7, 11) is 0. The molecule has 1 aromatic carbocycles. The molecule has 0 fully saturated rings. The van der Waals surface area contributed by atoms with E-state index in [1.807, 2.05) is 6.92 Å². The number of aryl methyl sites for hydroxylation is 1. The molecule has 158 valence electrons. The Morgan fingerprint density at radius 2 is 2.27 bits per heavy atom. The molecule has 0 amide bonds. The minimum atomic E-state index is -0.310. The fraction of sp³-hybridized carbons (Fsp3) is 0.455. The normalized spacial score (nSPS) is 18.2. The SMILES string of the molecule is CCn1c(SCc2cc(F)cc3c2OCOC3)nc2sc3c(c2c1=O)CCC(C)C3. The van der Waals surface area contributed by atoms with Crippen LogP contribution in [0.5, 0.6) is 5.75 Å². The van der Waals surface area contributed by atoms with Crippen molar-refractivity contribution in [2.45, 2.75) is 57.2 Å². The molecule has 0 N–H and O–H groups in total. The van der Waals surface area contributed by atoms with Crippen molar-refractivity contribution in [3.63, 3.8) is 0 Å². The van der Waals surface area contributed by atoms with E-state index >= 15 is 0 Å². The summed E-state index contributed by atoms with van der Waals surface area (Å²) in [5.74, 6) is 1.49. The van der Waals surface area contributed by atoms with E-state index in [1.165, 1.54) is 34.3 Å². The average molecular weight is 447 g/mol. The van der Waals surface area contributed by atoms with E-state index < -0.39 is 0 Å². The Morgan fingerprint density at radius 1 is 1.40 bits per heavy atom. The van der Waals surface area contributed by atoms with Gasteiger partial charge in [-0.15, -0.1) is 11.3 Å². The fourth-order valence-corrected chi connectivity index (χ4v) is 6.75. The van der Waals surface area contributed by atoms with E-state index in [4.69, 9.17) is 14.5 Å². The van der Waals surface area contributed by atoms with Crippen LogP contribution >= 0.6 is 23.1 Å². The number of aromatic nitrogens is 2. The highest BCUT2D eigenvalue weighted by Crippen LogP contribution is 2.38. The molecule has 2 aliphatic rings. The van der Waals surface area contributed by atoms with Crippen molar-refractivity contribution in [3.8, 4) is 5.75 Å². The van der Waals surface area contributed by atoms with Crippen molar-refractivity contribution < 1.29 is 13.9 Å². The van der Waals surface area contributed by atoms with E-state index in [1.54, 1.807) is 15.9 Å². The molecular weight excluding hydrogens is 423 g/mol. The summed E-state index contributed by atoms with van der Waals surface area (Å²) in [5.41, 5.74) is 2.72. The number of benzene rings is 1. The van der Waals surface area contributed by atoms with Crippen LogP contribution < -0.4 is 10.3 Å². The Balaban J connectivity index is 1.52. The van der Waals surface area contributed by atoms with Gasteiger partial charge in [-0.1, -0.05) is 18.7 Å². The monoisotopic (exact) mass is 446 g/mol. The Morgan fingerprint density at radius 3 is 3.10 bits per heavy atom. The molecule has 1 atom stereocenters. The second-order valence-corrected chi connectivity index (χ2v) is 9.95. The average Bonchev–Trinajstić information content (AvgIpc) is 3.09. The highest BCUT2D eigenvalue weighted by molar-refractivity contribution is 7.98. The van der Waals surface area contributed by atoms with Gasteiger partial charge in [-0.25, -0.2) is 9.37 Å². The smallest absolute Gasteiger partial charge is 0.263 e. The van der Waals surface area contributed by atoms with Gasteiger partial charge in [-0.05, 0) is 49.8 Å². The minimum absolute atomic E-state index is 0.0444. The highest BCUT2D eigenvalue weighted by atomic mass is 32.2. The Kier molecular flexibility index (Phi) is 5.33. The number of hydrogen-bond acceptors (Lipinski definition) is 6. The topological polar surface area (TPSA) is 53.4 Å². The van der Waals surface area contributed by atoms with E-state index in [0.717, 1.165) is 35.0 Å². The molecule has 30 heavy (non-hydrogen) atoms. The van der Waals surface area contributed by atoms with Crippen molar-refractivity contribution in [1.82, 2.24) is 9.55 Å². The number of hydrogen-bond donors (Lipinski definition) is 0. The van der Waals surface area contributed by atoms with Crippen molar-refractivity contribution in [1.29, 1.82) is 0 Å². The first kappa shape index (κ1) is 20.0. The van der Waals surface area contributed by atoms with Gasteiger partial charge in [0.1, 0.15) is 16.4 Å². The second-order valence-electron chi connectivity index (χ2n) is 7.93. The van der Waals surface area contributed by atoms with Crippen LogP contribution in [0.15, 0.2) is 22.1 Å². The van der Waals surface area contributed by atoms with Crippen molar-refractivity contribution in [3.05, 3.63) is 49.9 Å². The zero-order chi connectivity index (χ0) is 20.8. The van der Waals surface area contributed by atoms with Gasteiger partial charge < -0.3 is 9.47 Å². The largest absolute Gasteiger partial charge is 0.467 e. The van der Waals surface area contributed by atoms with Crippen LogP contribution in [0.2, 0.25) is 0 Å². The molecule has 1 unspecified atom stereocenters. The summed E-state index contributed by atoms with van der Waals surface area (Å²) in [6.45, 7) is 5.29. The maximum atomic E-state index is 14.1. The van der Waals surface area contributed by atoms with Crippen LogP contribution in [-0.4, -0.2) is 16.3 Å². The first-order valence-corrected chi connectivity index (χ1v) is 12.0. The van der Waals surface area contributed by atoms with Crippen molar-refractivity contribution >= 4 is 33.3 Å². The zero-order valence-corrected chi connectivity index (χ0v) is 18.6. The van der Waals surface area contributed by atoms with Gasteiger partial charge in [0.15, 0.2) is 11.9 Å². The molecule has 8 heteroatoms. The van der Waals surface area contributed by atoms with E-state index in [-0.39, 0.29) is 18.2 Å². The number of halogens is 1. The van der Waals surface area contributed by atoms with Crippen molar-refractivity contribution in [2.24, 2.45) is 5.92 Å². The molecule has 0 spiro atoms. The van der Waals surface area contributed by atoms with Gasteiger partial charge >= 0.3 is 0 Å². The van der Waals surface area contributed by atoms with Crippen LogP contribution in [0.3, 0.4) is 0 Å². The number of ether oxygens (including phenoxy) is 2. The number of thioether (sulfide) groups is 1. The van der Waals surface area contributed by atoms with E-state index in [0.29, 0.717) is 41.3 Å². The quantitative estimate of drug-likeness (QED) is 0.421. The summed E-state index contributed by atoms with van der Waals surface area (Å²) in [5, 5.41) is 1.48. The van der Waals surface area contributed by atoms with Crippen LogP contribution in [0.4, 0.5) is 4.39 Å². The Bertz CT molecular complexity index is 1190. The minimum Gasteiger partial charge on any atom is -0.467 e. The molecule has 1 aliphatic carbocycles. The molecule has 0 radical (unpaired) electrons. The third-order valence-electron chi connectivity index (χ3n) is 5.80. The number of thiophene rings is 1. The van der Waals surface area contributed by atoms with E-state index in [2.05, 4.69) is 6.92 Å². The summed E-state index contributed by atoms with van der Waals surface area (Å²) < 4.78 is 26.7. The summed E-state index contributed by atoms with van der Waals surface area (Å²) >= 11 is 3.11. The first-order valence-electron chi connectivity index (χ1n) is 10.2. The third kappa shape index (κ3) is 3.44. The van der Waals surface area contributed by atoms with Gasteiger partial charge in [0.2, 0.25) is 0 Å². The maximum absolute atomic E-state index is 14.1. The van der Waals surface area contributed by atoms with Gasteiger partial charge in [0.05, 0.1) is 12.0 Å². The van der Waals surface area contributed by atoms with Crippen LogP contribution in [-0.2, 0) is 36.5 Å². The number of nitrogens with zero attached hydrogens (tertiary/aromatic N) is 2. The summed E-state index contributed by atoms with van der Waals surface area (Å²) in [4.78, 5) is 20.3. The van der Waals surface area contributed by atoms with Gasteiger partial charge in [-0.3, -0.25) is 9.36 Å². The molecule has 3 heterocycles.